The first-order valence-electron chi connectivity index (χ1n) is 6.35. The summed E-state index contributed by atoms with van der Waals surface area (Å²) in [5, 5.41) is 12.2. The molecule has 0 spiro atoms. The molecular weight excluding hydrogens is 228 g/mol. The molecule has 0 aliphatic rings. The summed E-state index contributed by atoms with van der Waals surface area (Å²) < 4.78 is 0. The minimum absolute atomic E-state index is 0.128. The smallest absolute Gasteiger partial charge is 0.320 e. The molecule has 1 rings (SSSR count). The molecule has 0 radical (unpaired) electrons. The molecular formula is C14H22N2O2. The van der Waals surface area contributed by atoms with Gasteiger partial charge in [0.05, 0.1) is 0 Å². The third-order valence-electron chi connectivity index (χ3n) is 3.21. The van der Waals surface area contributed by atoms with Gasteiger partial charge in [0.2, 0.25) is 0 Å². The van der Waals surface area contributed by atoms with E-state index in [0.29, 0.717) is 6.54 Å². The summed E-state index contributed by atoms with van der Waals surface area (Å²) >= 11 is 0. The van der Waals surface area contributed by atoms with E-state index in [2.05, 4.69) is 5.32 Å². The van der Waals surface area contributed by atoms with Crippen molar-refractivity contribution in [1.82, 2.24) is 5.32 Å². The molecule has 2 atom stereocenters. The Balaban J connectivity index is 2.46. The van der Waals surface area contributed by atoms with Crippen molar-refractivity contribution in [2.45, 2.75) is 32.7 Å². The Hall–Kier alpha value is -1.55. The highest BCUT2D eigenvalue weighted by atomic mass is 16.4. The van der Waals surface area contributed by atoms with E-state index in [4.69, 9.17) is 10.8 Å². The summed E-state index contributed by atoms with van der Waals surface area (Å²) in [6.07, 6.45) is 1.63. The fourth-order valence-electron chi connectivity index (χ4n) is 1.89. The van der Waals surface area contributed by atoms with Crippen LogP contribution in [0.15, 0.2) is 24.3 Å². The quantitative estimate of drug-likeness (QED) is 0.646. The molecule has 0 amide bonds. The summed E-state index contributed by atoms with van der Waals surface area (Å²) in [6, 6.07) is 7.19. The Bertz CT molecular complexity index is 393. The number of anilines is 1. The van der Waals surface area contributed by atoms with E-state index in [1.54, 1.807) is 0 Å². The van der Waals surface area contributed by atoms with Crippen LogP contribution in [0, 0.1) is 5.92 Å². The standard InChI is InChI=1S/C14H22N2O2/c1-3-10(2)13(14(17)18)16-8-7-11-5-4-6-12(15)9-11/h4-6,9-10,13,16H,3,7-8,15H2,1-2H3,(H,17,18). The lowest BCUT2D eigenvalue weighted by Gasteiger charge is -2.20. The molecule has 0 fully saturated rings. The number of nitrogen functional groups attached to an aromatic ring is 1. The van der Waals surface area contributed by atoms with Gasteiger partial charge < -0.3 is 16.2 Å². The monoisotopic (exact) mass is 250 g/mol. The van der Waals surface area contributed by atoms with Crippen LogP contribution in [0.3, 0.4) is 0 Å². The highest BCUT2D eigenvalue weighted by Crippen LogP contribution is 2.09. The maximum atomic E-state index is 11.1. The lowest BCUT2D eigenvalue weighted by atomic mass is 9.99. The van der Waals surface area contributed by atoms with Crippen molar-refractivity contribution < 1.29 is 9.90 Å². The van der Waals surface area contributed by atoms with Crippen molar-refractivity contribution in [2.24, 2.45) is 5.92 Å². The maximum Gasteiger partial charge on any atom is 0.320 e. The Labute approximate surface area is 108 Å². The third-order valence-corrected chi connectivity index (χ3v) is 3.21. The molecule has 0 saturated heterocycles. The van der Waals surface area contributed by atoms with Crippen LogP contribution >= 0.6 is 0 Å². The number of nitrogens with one attached hydrogen (secondary N) is 1. The predicted octanol–water partition coefficient (Wildman–Crippen LogP) is 1.90. The number of carboxylic acid groups (broad SMARTS) is 1. The number of nitrogens with two attached hydrogens (primary N) is 1. The molecule has 0 heterocycles. The van der Waals surface area contributed by atoms with Crippen molar-refractivity contribution in [2.75, 3.05) is 12.3 Å². The van der Waals surface area contributed by atoms with Crippen LogP contribution in [0.25, 0.3) is 0 Å². The van der Waals surface area contributed by atoms with Crippen LogP contribution in [-0.4, -0.2) is 23.7 Å². The lowest BCUT2D eigenvalue weighted by molar-refractivity contribution is -0.140. The molecule has 2 unspecified atom stereocenters. The van der Waals surface area contributed by atoms with Crippen LogP contribution in [0.4, 0.5) is 5.69 Å². The Morgan fingerprint density at radius 2 is 2.22 bits per heavy atom. The zero-order valence-corrected chi connectivity index (χ0v) is 11.0. The van der Waals surface area contributed by atoms with Gasteiger partial charge in [-0.3, -0.25) is 4.79 Å². The van der Waals surface area contributed by atoms with Gasteiger partial charge in [0, 0.05) is 5.69 Å². The van der Waals surface area contributed by atoms with Crippen molar-refractivity contribution in [3.63, 3.8) is 0 Å². The zero-order chi connectivity index (χ0) is 13.5. The summed E-state index contributed by atoms with van der Waals surface area (Å²) in [5.41, 5.74) is 7.55. The van der Waals surface area contributed by atoms with Crippen LogP contribution in [-0.2, 0) is 11.2 Å². The van der Waals surface area contributed by atoms with Gasteiger partial charge in [0.1, 0.15) is 6.04 Å². The van der Waals surface area contributed by atoms with Gasteiger partial charge >= 0.3 is 5.97 Å². The second-order valence-corrected chi connectivity index (χ2v) is 4.65. The van der Waals surface area contributed by atoms with E-state index in [1.165, 1.54) is 0 Å². The van der Waals surface area contributed by atoms with Crippen LogP contribution in [0.1, 0.15) is 25.8 Å². The molecule has 0 bridgehead atoms. The Morgan fingerprint density at radius 1 is 1.50 bits per heavy atom. The number of carboxylic acids is 1. The average molecular weight is 250 g/mol. The van der Waals surface area contributed by atoms with E-state index in [-0.39, 0.29) is 5.92 Å². The van der Waals surface area contributed by atoms with E-state index < -0.39 is 12.0 Å². The molecule has 1 aromatic rings. The van der Waals surface area contributed by atoms with Crippen molar-refractivity contribution in [3.05, 3.63) is 29.8 Å². The summed E-state index contributed by atoms with van der Waals surface area (Å²) in [4.78, 5) is 11.1. The van der Waals surface area contributed by atoms with Gasteiger partial charge in [-0.1, -0.05) is 32.4 Å². The van der Waals surface area contributed by atoms with E-state index in [9.17, 15) is 4.79 Å². The highest BCUT2D eigenvalue weighted by molar-refractivity contribution is 5.73. The number of aliphatic carboxylic acids is 1. The van der Waals surface area contributed by atoms with E-state index >= 15 is 0 Å². The minimum atomic E-state index is -0.781. The minimum Gasteiger partial charge on any atom is -0.480 e. The maximum absolute atomic E-state index is 11.1. The fourth-order valence-corrected chi connectivity index (χ4v) is 1.89. The second kappa shape index (κ2) is 7.01. The van der Waals surface area contributed by atoms with Crippen molar-refractivity contribution in [3.8, 4) is 0 Å². The summed E-state index contributed by atoms with van der Waals surface area (Å²) in [5.74, 6) is -0.653. The molecule has 4 nitrogen and oxygen atoms in total. The van der Waals surface area contributed by atoms with Crippen LogP contribution < -0.4 is 11.1 Å². The molecule has 4 heteroatoms. The first-order valence-corrected chi connectivity index (χ1v) is 6.35. The first-order chi connectivity index (χ1) is 8.54. The molecule has 0 aliphatic heterocycles. The fraction of sp³-hybridized carbons (Fsp3) is 0.500. The predicted molar refractivity (Wildman–Crippen MR) is 73.4 cm³/mol. The summed E-state index contributed by atoms with van der Waals surface area (Å²) in [6.45, 7) is 4.59. The van der Waals surface area contributed by atoms with Gasteiger partial charge in [0.25, 0.3) is 0 Å². The van der Waals surface area contributed by atoms with Gasteiger partial charge in [-0.2, -0.15) is 0 Å². The van der Waals surface area contributed by atoms with E-state index in [0.717, 1.165) is 24.1 Å². The Morgan fingerprint density at radius 3 is 2.78 bits per heavy atom. The third kappa shape index (κ3) is 4.37. The van der Waals surface area contributed by atoms with Gasteiger partial charge in [-0.05, 0) is 36.6 Å². The Kier molecular flexibility index (Phi) is 5.65. The topological polar surface area (TPSA) is 75.3 Å². The molecule has 1 aromatic carbocycles. The van der Waals surface area contributed by atoms with Crippen molar-refractivity contribution in [1.29, 1.82) is 0 Å². The van der Waals surface area contributed by atoms with Gasteiger partial charge in [-0.25, -0.2) is 0 Å². The lowest BCUT2D eigenvalue weighted by Crippen LogP contribution is -2.42. The zero-order valence-electron chi connectivity index (χ0n) is 11.0. The number of benzene rings is 1. The van der Waals surface area contributed by atoms with Crippen LogP contribution in [0.2, 0.25) is 0 Å². The number of hydrogen-bond donors (Lipinski definition) is 3. The molecule has 0 saturated carbocycles. The average Bonchev–Trinajstić information content (AvgIpc) is 2.33. The largest absolute Gasteiger partial charge is 0.480 e. The number of carbonyl (C=O) groups is 1. The van der Waals surface area contributed by atoms with Crippen molar-refractivity contribution >= 4 is 11.7 Å². The molecule has 4 N–H and O–H groups in total. The van der Waals surface area contributed by atoms with Crippen LogP contribution in [0.5, 0.6) is 0 Å². The summed E-state index contributed by atoms with van der Waals surface area (Å²) in [7, 11) is 0. The number of rotatable bonds is 7. The van der Waals surface area contributed by atoms with E-state index in [1.807, 2.05) is 38.1 Å². The molecule has 0 aromatic heterocycles. The van der Waals surface area contributed by atoms with Gasteiger partial charge in [0.15, 0.2) is 0 Å². The molecule has 100 valence electrons. The molecule has 18 heavy (non-hydrogen) atoms. The molecule has 0 aliphatic carbocycles. The normalized spacial score (nSPS) is 14.1. The second-order valence-electron chi connectivity index (χ2n) is 4.65. The van der Waals surface area contributed by atoms with Gasteiger partial charge in [-0.15, -0.1) is 0 Å². The SMILES string of the molecule is CCC(C)C(NCCc1cccc(N)c1)C(=O)O. The number of hydrogen-bond acceptors (Lipinski definition) is 3. The highest BCUT2D eigenvalue weighted by Gasteiger charge is 2.22. The first kappa shape index (κ1) is 14.5.